The zero-order chi connectivity index (χ0) is 13.1. The molecular weight excluding hydrogens is 235 g/mol. The summed E-state index contributed by atoms with van der Waals surface area (Å²) in [7, 11) is 0. The van der Waals surface area contributed by atoms with Gasteiger partial charge in [0.2, 0.25) is 0 Å². The van der Waals surface area contributed by atoms with Crippen molar-refractivity contribution in [2.45, 2.75) is 25.3 Å². The molecule has 0 saturated heterocycles. The van der Waals surface area contributed by atoms with Gasteiger partial charge in [0.1, 0.15) is 5.75 Å². The van der Waals surface area contributed by atoms with E-state index in [0.29, 0.717) is 0 Å². The Bertz CT molecular complexity index is 377. The molecule has 1 rings (SSSR count). The standard InChI is InChI=1S/C11H14F3NO2/c1-10(16,6-7-15)8-4-2-3-5-9(8)17-11(12,13)14/h2-5,16H,6-7,15H2,1H3. The minimum Gasteiger partial charge on any atom is -0.405 e. The molecule has 0 aliphatic carbocycles. The lowest BCUT2D eigenvalue weighted by Crippen LogP contribution is -2.27. The highest BCUT2D eigenvalue weighted by atomic mass is 19.4. The van der Waals surface area contributed by atoms with E-state index in [9.17, 15) is 18.3 Å². The van der Waals surface area contributed by atoms with Gasteiger partial charge in [-0.3, -0.25) is 0 Å². The summed E-state index contributed by atoms with van der Waals surface area (Å²) < 4.78 is 40.4. The molecule has 1 atom stereocenters. The monoisotopic (exact) mass is 249 g/mol. The van der Waals surface area contributed by atoms with Crippen molar-refractivity contribution in [3.63, 3.8) is 0 Å². The number of rotatable bonds is 4. The van der Waals surface area contributed by atoms with Crippen molar-refractivity contribution < 1.29 is 23.0 Å². The summed E-state index contributed by atoms with van der Waals surface area (Å²) in [6.45, 7) is 1.56. The third-order valence-corrected chi connectivity index (χ3v) is 2.32. The van der Waals surface area contributed by atoms with Crippen LogP contribution < -0.4 is 10.5 Å². The minimum absolute atomic E-state index is 0.0720. The van der Waals surface area contributed by atoms with Crippen LogP contribution in [0.3, 0.4) is 0 Å². The number of hydrogen-bond donors (Lipinski definition) is 2. The van der Waals surface area contributed by atoms with E-state index in [1.54, 1.807) is 0 Å². The number of nitrogens with two attached hydrogens (primary N) is 1. The Morgan fingerprint density at radius 3 is 2.41 bits per heavy atom. The predicted molar refractivity (Wildman–Crippen MR) is 56.4 cm³/mol. The van der Waals surface area contributed by atoms with E-state index < -0.39 is 17.7 Å². The molecule has 0 amide bonds. The van der Waals surface area contributed by atoms with Crippen LogP contribution in [0.1, 0.15) is 18.9 Å². The smallest absolute Gasteiger partial charge is 0.405 e. The Balaban J connectivity index is 3.07. The van der Waals surface area contributed by atoms with E-state index in [2.05, 4.69) is 4.74 Å². The van der Waals surface area contributed by atoms with Crippen LogP contribution >= 0.6 is 0 Å². The number of aliphatic hydroxyl groups is 1. The molecule has 0 aromatic heterocycles. The average Bonchev–Trinajstić information content (AvgIpc) is 2.15. The summed E-state index contributed by atoms with van der Waals surface area (Å²) in [6.07, 6.45) is -4.64. The Labute approximate surface area is 97.0 Å². The third kappa shape index (κ3) is 3.90. The molecule has 0 aliphatic rings. The number of halogens is 3. The van der Waals surface area contributed by atoms with Crippen LogP contribution in [0.15, 0.2) is 24.3 Å². The van der Waals surface area contributed by atoms with Crippen LogP contribution in [-0.4, -0.2) is 18.0 Å². The predicted octanol–water partition coefficient (Wildman–Crippen LogP) is 2.14. The zero-order valence-corrected chi connectivity index (χ0v) is 9.29. The maximum Gasteiger partial charge on any atom is 0.573 e. The van der Waals surface area contributed by atoms with Crippen molar-refractivity contribution >= 4 is 0 Å². The molecule has 0 aliphatic heterocycles. The Morgan fingerprint density at radius 2 is 1.88 bits per heavy atom. The molecule has 1 aromatic rings. The van der Waals surface area contributed by atoms with Crippen LogP contribution in [0, 0.1) is 0 Å². The molecule has 3 nitrogen and oxygen atoms in total. The maximum atomic E-state index is 12.2. The lowest BCUT2D eigenvalue weighted by molar-refractivity contribution is -0.275. The molecule has 6 heteroatoms. The first-order chi connectivity index (χ1) is 7.76. The highest BCUT2D eigenvalue weighted by Crippen LogP contribution is 2.34. The van der Waals surface area contributed by atoms with Crippen LogP contribution in [0.4, 0.5) is 13.2 Å². The first-order valence-electron chi connectivity index (χ1n) is 5.04. The van der Waals surface area contributed by atoms with Crippen molar-refractivity contribution in [2.24, 2.45) is 5.73 Å². The molecule has 0 bridgehead atoms. The summed E-state index contributed by atoms with van der Waals surface area (Å²) in [5, 5.41) is 10.0. The van der Waals surface area contributed by atoms with Gasteiger partial charge < -0.3 is 15.6 Å². The van der Waals surface area contributed by atoms with E-state index in [1.165, 1.54) is 25.1 Å². The maximum absolute atomic E-state index is 12.2. The fourth-order valence-electron chi connectivity index (χ4n) is 1.54. The highest BCUT2D eigenvalue weighted by Gasteiger charge is 2.34. The minimum atomic E-state index is -4.78. The summed E-state index contributed by atoms with van der Waals surface area (Å²) in [5.74, 6) is -0.404. The molecule has 1 unspecified atom stereocenters. The Kier molecular flexibility index (Phi) is 4.00. The number of alkyl halides is 3. The quantitative estimate of drug-likeness (QED) is 0.859. The van der Waals surface area contributed by atoms with Gasteiger partial charge in [-0.15, -0.1) is 13.2 Å². The van der Waals surface area contributed by atoms with Crippen LogP contribution in [0.5, 0.6) is 5.75 Å². The lowest BCUT2D eigenvalue weighted by atomic mass is 9.92. The summed E-state index contributed by atoms with van der Waals surface area (Å²) >= 11 is 0. The molecule has 0 spiro atoms. The fourth-order valence-corrected chi connectivity index (χ4v) is 1.54. The molecule has 0 fully saturated rings. The third-order valence-electron chi connectivity index (χ3n) is 2.32. The first kappa shape index (κ1) is 13.8. The SMILES string of the molecule is CC(O)(CCN)c1ccccc1OC(F)(F)F. The van der Waals surface area contributed by atoms with E-state index >= 15 is 0 Å². The summed E-state index contributed by atoms with van der Waals surface area (Å²) in [4.78, 5) is 0. The number of benzene rings is 1. The van der Waals surface area contributed by atoms with Gasteiger partial charge in [-0.05, 0) is 26.0 Å². The van der Waals surface area contributed by atoms with E-state index in [0.717, 1.165) is 6.07 Å². The van der Waals surface area contributed by atoms with Gasteiger partial charge >= 0.3 is 6.36 Å². The van der Waals surface area contributed by atoms with Crippen molar-refractivity contribution in [3.8, 4) is 5.75 Å². The van der Waals surface area contributed by atoms with E-state index in [-0.39, 0.29) is 18.5 Å². The highest BCUT2D eigenvalue weighted by molar-refractivity contribution is 5.37. The van der Waals surface area contributed by atoms with E-state index in [1.807, 2.05) is 0 Å². The molecule has 3 N–H and O–H groups in total. The van der Waals surface area contributed by atoms with Gasteiger partial charge in [0.25, 0.3) is 0 Å². The van der Waals surface area contributed by atoms with Crippen LogP contribution in [0.2, 0.25) is 0 Å². The molecule has 1 aromatic carbocycles. The van der Waals surface area contributed by atoms with Gasteiger partial charge in [0, 0.05) is 5.56 Å². The second kappa shape index (κ2) is 4.93. The van der Waals surface area contributed by atoms with Gasteiger partial charge in [-0.25, -0.2) is 0 Å². The van der Waals surface area contributed by atoms with E-state index in [4.69, 9.17) is 5.73 Å². The van der Waals surface area contributed by atoms with Gasteiger partial charge in [-0.2, -0.15) is 0 Å². The normalized spacial score (nSPS) is 15.4. The molecular formula is C11H14F3NO2. The fraction of sp³-hybridized carbons (Fsp3) is 0.455. The lowest BCUT2D eigenvalue weighted by Gasteiger charge is -2.25. The zero-order valence-electron chi connectivity index (χ0n) is 9.29. The van der Waals surface area contributed by atoms with Crippen LogP contribution in [0.25, 0.3) is 0 Å². The summed E-state index contributed by atoms with van der Waals surface area (Å²) in [5.41, 5.74) is 3.93. The van der Waals surface area contributed by atoms with Gasteiger partial charge in [-0.1, -0.05) is 18.2 Å². The Hall–Kier alpha value is -1.27. The average molecular weight is 249 g/mol. The second-order valence-electron chi connectivity index (χ2n) is 3.86. The van der Waals surface area contributed by atoms with Gasteiger partial charge in [0.15, 0.2) is 0 Å². The number of hydrogen-bond acceptors (Lipinski definition) is 3. The molecule has 0 saturated carbocycles. The molecule has 96 valence electrons. The van der Waals surface area contributed by atoms with Crippen LogP contribution in [-0.2, 0) is 5.60 Å². The summed E-state index contributed by atoms with van der Waals surface area (Å²) in [6, 6.07) is 5.48. The van der Waals surface area contributed by atoms with Gasteiger partial charge in [0.05, 0.1) is 5.60 Å². The number of ether oxygens (including phenoxy) is 1. The van der Waals surface area contributed by atoms with Crippen molar-refractivity contribution in [3.05, 3.63) is 29.8 Å². The second-order valence-corrected chi connectivity index (χ2v) is 3.86. The topological polar surface area (TPSA) is 55.5 Å². The van der Waals surface area contributed by atoms with Crippen molar-refractivity contribution in [2.75, 3.05) is 6.54 Å². The first-order valence-corrected chi connectivity index (χ1v) is 5.04. The molecule has 17 heavy (non-hydrogen) atoms. The van der Waals surface area contributed by atoms with Crippen molar-refractivity contribution in [1.29, 1.82) is 0 Å². The number of para-hydroxylation sites is 1. The Morgan fingerprint density at radius 1 is 1.29 bits per heavy atom. The molecule has 0 radical (unpaired) electrons. The van der Waals surface area contributed by atoms with Crippen molar-refractivity contribution in [1.82, 2.24) is 0 Å². The molecule has 0 heterocycles. The largest absolute Gasteiger partial charge is 0.573 e.